The van der Waals surface area contributed by atoms with Gasteiger partial charge in [-0.2, -0.15) is 4.98 Å². The van der Waals surface area contributed by atoms with Crippen LogP contribution in [-0.2, 0) is 30.6 Å². The predicted molar refractivity (Wildman–Crippen MR) is 113 cm³/mol. The molecule has 0 saturated heterocycles. The molecule has 1 atom stereocenters. The predicted octanol–water partition coefficient (Wildman–Crippen LogP) is 2.17. The lowest BCUT2D eigenvalue weighted by Gasteiger charge is -2.41. The fraction of sp³-hybridized carbons (Fsp3) is 0.476. The zero-order valence-electron chi connectivity index (χ0n) is 16.6. The highest BCUT2D eigenvalue weighted by Gasteiger charge is 2.41. The van der Waals surface area contributed by atoms with Crippen molar-refractivity contribution in [1.82, 2.24) is 15.0 Å². The molecule has 9 heteroatoms. The molecule has 0 radical (unpaired) electrons. The zero-order chi connectivity index (χ0) is 20.3. The molecule has 2 aliphatic heterocycles. The summed E-state index contributed by atoms with van der Waals surface area (Å²) in [6, 6.07) is 4.16. The van der Waals surface area contributed by atoms with Crippen molar-refractivity contribution < 1.29 is 14.1 Å². The number of nitrogens with zero attached hydrogens (tertiary/aromatic N) is 4. The minimum Gasteiger partial charge on any atom is -0.611 e. The molecule has 1 aliphatic carbocycles. The Kier molecular flexibility index (Phi) is 4.19. The number of anilines is 2. The van der Waals surface area contributed by atoms with E-state index in [1.54, 1.807) is 0 Å². The maximum atomic E-state index is 12.6. The van der Waals surface area contributed by atoms with Crippen LogP contribution in [0.15, 0.2) is 27.8 Å². The van der Waals surface area contributed by atoms with Gasteiger partial charge in [0, 0.05) is 19.5 Å². The molecule has 0 spiro atoms. The molecule has 8 nitrogen and oxygen atoms in total. The number of hydrogen-bond donors (Lipinski definition) is 2. The van der Waals surface area contributed by atoms with E-state index in [0.717, 1.165) is 53.9 Å². The molecule has 30 heavy (non-hydrogen) atoms. The SMILES string of the molecule is [O-][S@+]1CCc2nc(N3CCc4cc5ncoc5cc4C3)nc(NC3(CO)CCC3)c21. The van der Waals surface area contributed by atoms with Crippen LogP contribution in [0.1, 0.15) is 36.1 Å². The van der Waals surface area contributed by atoms with Crippen molar-refractivity contribution in [2.45, 2.75) is 49.1 Å². The minimum atomic E-state index is -1.09. The quantitative estimate of drug-likeness (QED) is 0.612. The second-order valence-electron chi connectivity index (χ2n) is 8.48. The highest BCUT2D eigenvalue weighted by atomic mass is 32.2. The second kappa shape index (κ2) is 6.83. The number of nitrogens with one attached hydrogen (secondary N) is 1. The number of aliphatic hydroxyl groups is 1. The molecule has 2 N–H and O–H groups in total. The Hall–Kier alpha value is -2.36. The Morgan fingerprint density at radius 1 is 1.23 bits per heavy atom. The maximum Gasteiger partial charge on any atom is 0.228 e. The summed E-state index contributed by atoms with van der Waals surface area (Å²) < 4.78 is 18.1. The van der Waals surface area contributed by atoms with Gasteiger partial charge in [0.15, 0.2) is 17.8 Å². The third kappa shape index (κ3) is 2.87. The highest BCUT2D eigenvalue weighted by molar-refractivity contribution is 7.91. The van der Waals surface area contributed by atoms with Crippen molar-refractivity contribution in [2.75, 3.05) is 29.1 Å². The molecular formula is C21H23N5O3S. The van der Waals surface area contributed by atoms with Gasteiger partial charge in [-0.05, 0) is 60.1 Å². The van der Waals surface area contributed by atoms with Crippen molar-refractivity contribution >= 4 is 34.0 Å². The van der Waals surface area contributed by atoms with Crippen molar-refractivity contribution in [3.63, 3.8) is 0 Å². The fourth-order valence-electron chi connectivity index (χ4n) is 4.67. The molecular weight excluding hydrogens is 402 g/mol. The van der Waals surface area contributed by atoms with E-state index in [2.05, 4.69) is 27.3 Å². The number of hydrogen-bond acceptors (Lipinski definition) is 8. The molecule has 1 fully saturated rings. The summed E-state index contributed by atoms with van der Waals surface area (Å²) in [4.78, 5) is 16.8. The van der Waals surface area contributed by atoms with Crippen molar-refractivity contribution in [3.8, 4) is 0 Å². The first-order valence-electron chi connectivity index (χ1n) is 10.4. The van der Waals surface area contributed by atoms with Crippen LogP contribution in [-0.4, -0.2) is 49.1 Å². The third-order valence-corrected chi connectivity index (χ3v) is 8.08. The average molecular weight is 426 g/mol. The zero-order valence-corrected chi connectivity index (χ0v) is 17.4. The van der Waals surface area contributed by atoms with Gasteiger partial charge < -0.3 is 24.3 Å². The minimum absolute atomic E-state index is 0.0536. The van der Waals surface area contributed by atoms with Gasteiger partial charge in [-0.15, -0.1) is 0 Å². The Morgan fingerprint density at radius 3 is 2.93 bits per heavy atom. The summed E-state index contributed by atoms with van der Waals surface area (Å²) in [6.45, 7) is 1.55. The van der Waals surface area contributed by atoms with Gasteiger partial charge in [-0.3, -0.25) is 0 Å². The summed E-state index contributed by atoms with van der Waals surface area (Å²) in [6.07, 6.45) is 5.93. The van der Waals surface area contributed by atoms with Gasteiger partial charge in [0.25, 0.3) is 0 Å². The number of aromatic nitrogens is 3. The molecule has 0 amide bonds. The van der Waals surface area contributed by atoms with Crippen LogP contribution in [0.2, 0.25) is 0 Å². The molecule has 156 valence electrons. The topological polar surface area (TPSA) is 110 Å². The van der Waals surface area contributed by atoms with Gasteiger partial charge in [-0.25, -0.2) is 9.97 Å². The number of rotatable bonds is 4. The lowest BCUT2D eigenvalue weighted by atomic mass is 9.77. The first kappa shape index (κ1) is 18.4. The Labute approximate surface area is 176 Å². The van der Waals surface area contributed by atoms with Crippen LogP contribution in [0.4, 0.5) is 11.8 Å². The standard InChI is InChI=1S/C21H23N5O3S/c27-11-21(4-1-5-21)25-19-18-15(3-7-30(18)28)23-20(24-19)26-6-2-13-8-16-17(29-12-22-16)9-14(13)10-26/h8-9,12,27H,1-7,10-11H2,(H,23,24,25)/t30-/m1/s1. The van der Waals surface area contributed by atoms with Gasteiger partial charge >= 0.3 is 0 Å². The van der Waals surface area contributed by atoms with Crippen LogP contribution in [0.25, 0.3) is 11.1 Å². The Morgan fingerprint density at radius 2 is 2.13 bits per heavy atom. The molecule has 2 aromatic heterocycles. The monoisotopic (exact) mass is 425 g/mol. The van der Waals surface area contributed by atoms with Crippen molar-refractivity contribution in [2.24, 2.45) is 0 Å². The largest absolute Gasteiger partial charge is 0.611 e. The van der Waals surface area contributed by atoms with E-state index in [1.165, 1.54) is 17.5 Å². The van der Waals surface area contributed by atoms with E-state index in [4.69, 9.17) is 14.4 Å². The van der Waals surface area contributed by atoms with Crippen molar-refractivity contribution in [1.29, 1.82) is 0 Å². The number of oxazole rings is 1. The molecule has 4 heterocycles. The van der Waals surface area contributed by atoms with Crippen molar-refractivity contribution in [3.05, 3.63) is 35.3 Å². The smallest absolute Gasteiger partial charge is 0.228 e. The fourth-order valence-corrected chi connectivity index (χ4v) is 5.97. The summed E-state index contributed by atoms with van der Waals surface area (Å²) in [5, 5.41) is 13.3. The molecule has 6 rings (SSSR count). The molecule has 3 aromatic rings. The first-order chi connectivity index (χ1) is 14.6. The second-order valence-corrected chi connectivity index (χ2v) is 9.98. The van der Waals surface area contributed by atoms with Crippen LogP contribution in [0.3, 0.4) is 0 Å². The van der Waals surface area contributed by atoms with Gasteiger partial charge in [0.2, 0.25) is 10.8 Å². The van der Waals surface area contributed by atoms with Gasteiger partial charge in [-0.1, -0.05) is 0 Å². The van der Waals surface area contributed by atoms with E-state index in [9.17, 15) is 9.66 Å². The maximum absolute atomic E-state index is 12.6. The van der Waals surface area contributed by atoms with E-state index in [0.29, 0.717) is 30.5 Å². The average Bonchev–Trinajstić information content (AvgIpc) is 3.34. The number of fused-ring (bicyclic) bond motifs is 3. The van der Waals surface area contributed by atoms with Gasteiger partial charge in [0.1, 0.15) is 17.0 Å². The molecule has 0 unspecified atom stereocenters. The van der Waals surface area contributed by atoms with Crippen LogP contribution >= 0.6 is 0 Å². The molecule has 0 bridgehead atoms. The molecule has 3 aliphatic rings. The molecule has 1 aromatic carbocycles. The number of aryl methyl sites for hydroxylation is 1. The highest BCUT2D eigenvalue weighted by Crippen LogP contribution is 2.39. The van der Waals surface area contributed by atoms with E-state index < -0.39 is 11.2 Å². The van der Waals surface area contributed by atoms with E-state index in [-0.39, 0.29) is 12.1 Å². The van der Waals surface area contributed by atoms with Crippen LogP contribution in [0, 0.1) is 0 Å². The van der Waals surface area contributed by atoms with Crippen LogP contribution in [0.5, 0.6) is 0 Å². The summed E-state index contributed by atoms with van der Waals surface area (Å²) >= 11 is -1.09. The van der Waals surface area contributed by atoms with E-state index in [1.807, 2.05) is 0 Å². The number of aliphatic hydroxyl groups excluding tert-OH is 1. The summed E-state index contributed by atoms with van der Waals surface area (Å²) in [5.41, 5.74) is 4.67. The number of benzene rings is 1. The Bertz CT molecular complexity index is 1120. The summed E-state index contributed by atoms with van der Waals surface area (Å²) in [5.74, 6) is 1.88. The lowest BCUT2D eigenvalue weighted by molar-refractivity contribution is 0.143. The van der Waals surface area contributed by atoms with Crippen LogP contribution < -0.4 is 10.2 Å². The van der Waals surface area contributed by atoms with Gasteiger partial charge in [0.05, 0.1) is 12.1 Å². The molecule has 1 saturated carbocycles. The first-order valence-corrected chi connectivity index (χ1v) is 11.7. The lowest BCUT2D eigenvalue weighted by Crippen LogP contribution is -2.49. The summed E-state index contributed by atoms with van der Waals surface area (Å²) in [7, 11) is 0. The van der Waals surface area contributed by atoms with E-state index >= 15 is 0 Å². The normalized spacial score (nSPS) is 21.9. The third-order valence-electron chi connectivity index (χ3n) is 6.62. The Balaban J connectivity index is 1.36.